The Labute approximate surface area is 164 Å². The van der Waals surface area contributed by atoms with Gasteiger partial charge < -0.3 is 14.2 Å². The van der Waals surface area contributed by atoms with Crippen molar-refractivity contribution in [1.29, 1.82) is 0 Å². The fourth-order valence-corrected chi connectivity index (χ4v) is 5.22. The van der Waals surface area contributed by atoms with Crippen molar-refractivity contribution in [2.24, 2.45) is 5.92 Å². The molecule has 0 radical (unpaired) electrons. The number of hydrogen-bond acceptors (Lipinski definition) is 5. The van der Waals surface area contributed by atoms with Gasteiger partial charge in [0, 0.05) is 18.5 Å². The third kappa shape index (κ3) is 2.89. The summed E-state index contributed by atoms with van der Waals surface area (Å²) < 4.78 is 30.0. The smallest absolute Gasteiger partial charge is 0.339 e. The summed E-state index contributed by atoms with van der Waals surface area (Å²) in [5, 5.41) is 11.2. The fourth-order valence-electron chi connectivity index (χ4n) is 4.29. The van der Waals surface area contributed by atoms with E-state index in [2.05, 4.69) is 0 Å². The molecule has 0 spiro atoms. The highest BCUT2D eigenvalue weighted by atomic mass is 32.2. The molecule has 2 aromatic rings. The minimum absolute atomic E-state index is 0.0512. The van der Waals surface area contributed by atoms with Crippen molar-refractivity contribution in [2.75, 3.05) is 6.54 Å². The lowest BCUT2D eigenvalue weighted by Crippen LogP contribution is -2.40. The topological polar surface area (TPSA) is 83.9 Å². The van der Waals surface area contributed by atoms with E-state index in [-0.39, 0.29) is 28.5 Å². The zero-order chi connectivity index (χ0) is 20.1. The van der Waals surface area contributed by atoms with Crippen LogP contribution in [-0.2, 0) is 20.5 Å². The van der Waals surface area contributed by atoms with Crippen LogP contribution in [0.5, 0.6) is 5.75 Å². The zero-order valence-corrected chi connectivity index (χ0v) is 16.6. The number of fused-ring (bicyclic) bond motifs is 1. The molecule has 0 bridgehead atoms. The number of aryl methyl sites for hydroxylation is 1. The molecule has 2 fully saturated rings. The van der Waals surface area contributed by atoms with Gasteiger partial charge in [-0.25, -0.2) is 0 Å². The highest BCUT2D eigenvalue weighted by Gasteiger charge is 2.58. The standard InChI is InChI=1S/C21H23NO5S/c1-14-5-11-18(12-6-14)28(25,26)27-17-9-7-16(8-10-17)21(24)15(2)19-4-3-13-22(19)20(21)23/h5-12,15,19,24H,3-4,13H2,1-2H3/t15-,19?,21+/m1/s1. The predicted molar refractivity (Wildman–Crippen MR) is 103 cm³/mol. The third-order valence-electron chi connectivity index (χ3n) is 5.93. The maximum atomic E-state index is 12.8. The molecule has 0 aliphatic carbocycles. The van der Waals surface area contributed by atoms with E-state index in [0.717, 1.165) is 18.4 Å². The van der Waals surface area contributed by atoms with Crippen LogP contribution < -0.4 is 4.18 Å². The predicted octanol–water partition coefficient (Wildman–Crippen LogP) is 2.59. The lowest BCUT2D eigenvalue weighted by Gasteiger charge is -2.27. The minimum atomic E-state index is -3.95. The van der Waals surface area contributed by atoms with Crippen LogP contribution in [0.15, 0.2) is 53.4 Å². The van der Waals surface area contributed by atoms with Crippen LogP contribution in [0.3, 0.4) is 0 Å². The normalized spacial score (nSPS) is 27.1. The van der Waals surface area contributed by atoms with Crippen LogP contribution in [0, 0.1) is 12.8 Å². The molecule has 148 valence electrons. The van der Waals surface area contributed by atoms with Crippen molar-refractivity contribution in [2.45, 2.75) is 43.2 Å². The van der Waals surface area contributed by atoms with E-state index in [4.69, 9.17) is 4.18 Å². The van der Waals surface area contributed by atoms with Gasteiger partial charge in [0.1, 0.15) is 10.6 Å². The second-order valence-electron chi connectivity index (χ2n) is 7.64. The van der Waals surface area contributed by atoms with Gasteiger partial charge in [-0.1, -0.05) is 36.8 Å². The van der Waals surface area contributed by atoms with Crippen molar-refractivity contribution >= 4 is 16.0 Å². The van der Waals surface area contributed by atoms with E-state index >= 15 is 0 Å². The quantitative estimate of drug-likeness (QED) is 0.796. The van der Waals surface area contributed by atoms with Gasteiger partial charge >= 0.3 is 10.1 Å². The lowest BCUT2D eigenvalue weighted by molar-refractivity contribution is -0.146. The Balaban J connectivity index is 1.58. The molecule has 1 amide bonds. The summed E-state index contributed by atoms with van der Waals surface area (Å²) in [7, 11) is -3.95. The summed E-state index contributed by atoms with van der Waals surface area (Å²) in [6.07, 6.45) is 1.85. The second kappa shape index (κ2) is 6.60. The van der Waals surface area contributed by atoms with Crippen molar-refractivity contribution in [1.82, 2.24) is 4.90 Å². The second-order valence-corrected chi connectivity index (χ2v) is 9.18. The lowest BCUT2D eigenvalue weighted by atomic mass is 9.81. The Bertz CT molecular complexity index is 1000. The van der Waals surface area contributed by atoms with Gasteiger partial charge in [-0.2, -0.15) is 8.42 Å². The Kier molecular flexibility index (Phi) is 4.47. The summed E-state index contributed by atoms with van der Waals surface area (Å²) in [6.45, 7) is 4.43. The fraction of sp³-hybridized carbons (Fsp3) is 0.381. The number of carbonyl (C=O) groups is 1. The van der Waals surface area contributed by atoms with Crippen LogP contribution in [-0.4, -0.2) is 36.9 Å². The molecular weight excluding hydrogens is 378 g/mol. The first-order chi connectivity index (χ1) is 13.2. The summed E-state index contributed by atoms with van der Waals surface area (Å²) in [6, 6.07) is 12.5. The van der Waals surface area contributed by atoms with Crippen LogP contribution in [0.25, 0.3) is 0 Å². The number of hydrogen-bond donors (Lipinski definition) is 1. The number of carbonyl (C=O) groups excluding carboxylic acids is 1. The van der Waals surface area contributed by atoms with Crippen LogP contribution in [0.4, 0.5) is 0 Å². The van der Waals surface area contributed by atoms with Crippen LogP contribution in [0.2, 0.25) is 0 Å². The molecule has 2 saturated heterocycles. The van der Waals surface area contributed by atoms with E-state index in [1.54, 1.807) is 29.2 Å². The Hall–Kier alpha value is -2.38. The maximum absolute atomic E-state index is 12.8. The molecule has 2 aromatic carbocycles. The zero-order valence-electron chi connectivity index (χ0n) is 15.8. The molecule has 1 N–H and O–H groups in total. The molecule has 28 heavy (non-hydrogen) atoms. The van der Waals surface area contributed by atoms with E-state index in [1.807, 2.05) is 13.8 Å². The molecule has 2 aliphatic heterocycles. The van der Waals surface area contributed by atoms with E-state index in [0.29, 0.717) is 12.1 Å². The SMILES string of the molecule is Cc1ccc(S(=O)(=O)Oc2ccc([C@]3(O)C(=O)N4CCCC4[C@H]3C)cc2)cc1. The molecule has 7 heteroatoms. The monoisotopic (exact) mass is 401 g/mol. The average Bonchev–Trinajstić information content (AvgIpc) is 3.22. The molecule has 0 saturated carbocycles. The summed E-state index contributed by atoms with van der Waals surface area (Å²) in [5.74, 6) is -0.375. The first kappa shape index (κ1) is 19.0. The molecule has 3 atom stereocenters. The van der Waals surface area contributed by atoms with Crippen molar-refractivity contribution in [3.8, 4) is 5.75 Å². The highest BCUT2D eigenvalue weighted by molar-refractivity contribution is 7.87. The Morgan fingerprint density at radius 2 is 1.75 bits per heavy atom. The molecular formula is C21H23NO5S. The molecule has 6 nitrogen and oxygen atoms in total. The average molecular weight is 401 g/mol. The third-order valence-corrected chi connectivity index (χ3v) is 7.19. The number of amides is 1. The number of benzene rings is 2. The minimum Gasteiger partial charge on any atom is -0.379 e. The van der Waals surface area contributed by atoms with Gasteiger partial charge in [0.15, 0.2) is 5.60 Å². The Morgan fingerprint density at radius 1 is 1.11 bits per heavy atom. The first-order valence-electron chi connectivity index (χ1n) is 9.38. The molecule has 2 aliphatic rings. The summed E-state index contributed by atoms with van der Waals surface area (Å²) in [4.78, 5) is 14.6. The number of nitrogens with zero attached hydrogens (tertiary/aromatic N) is 1. The van der Waals surface area contributed by atoms with Gasteiger partial charge in [-0.05, 0) is 49.6 Å². The van der Waals surface area contributed by atoms with Gasteiger partial charge in [-0.3, -0.25) is 4.79 Å². The molecule has 2 heterocycles. The Morgan fingerprint density at radius 3 is 2.36 bits per heavy atom. The van der Waals surface area contributed by atoms with Crippen LogP contribution >= 0.6 is 0 Å². The van der Waals surface area contributed by atoms with Crippen molar-refractivity contribution < 1.29 is 22.5 Å². The summed E-state index contributed by atoms with van der Waals surface area (Å²) in [5.41, 5.74) is -0.175. The van der Waals surface area contributed by atoms with Gasteiger partial charge in [0.25, 0.3) is 5.91 Å². The first-order valence-corrected chi connectivity index (χ1v) is 10.8. The van der Waals surface area contributed by atoms with Gasteiger partial charge in [-0.15, -0.1) is 0 Å². The van der Waals surface area contributed by atoms with Gasteiger partial charge in [0.05, 0.1) is 0 Å². The molecule has 0 aromatic heterocycles. The van der Waals surface area contributed by atoms with E-state index in [1.165, 1.54) is 24.3 Å². The van der Waals surface area contributed by atoms with Gasteiger partial charge in [0.2, 0.25) is 0 Å². The molecule has 1 unspecified atom stereocenters. The largest absolute Gasteiger partial charge is 0.379 e. The van der Waals surface area contributed by atoms with Crippen molar-refractivity contribution in [3.63, 3.8) is 0 Å². The summed E-state index contributed by atoms with van der Waals surface area (Å²) >= 11 is 0. The highest BCUT2D eigenvalue weighted by Crippen LogP contribution is 2.46. The molecule has 4 rings (SSSR count). The van der Waals surface area contributed by atoms with Crippen molar-refractivity contribution in [3.05, 3.63) is 59.7 Å². The van der Waals surface area contributed by atoms with Crippen LogP contribution in [0.1, 0.15) is 30.9 Å². The number of aliphatic hydroxyl groups is 1. The van der Waals surface area contributed by atoms with E-state index in [9.17, 15) is 18.3 Å². The van der Waals surface area contributed by atoms with E-state index < -0.39 is 15.7 Å². The maximum Gasteiger partial charge on any atom is 0.339 e. The number of rotatable bonds is 4.